The monoisotopic (exact) mass is 267 g/mol. The van der Waals surface area contributed by atoms with Crippen LogP contribution in [0.4, 0.5) is 0 Å². The molecule has 0 aliphatic heterocycles. The topological polar surface area (TPSA) is 46.2 Å². The van der Waals surface area contributed by atoms with Gasteiger partial charge in [0.05, 0.1) is 4.90 Å². The molecule has 1 unspecified atom stereocenters. The molecule has 1 atom stereocenters. The quantitative estimate of drug-likeness (QED) is 0.861. The Bertz CT molecular complexity index is 489. The van der Waals surface area contributed by atoms with Crippen molar-refractivity contribution in [3.63, 3.8) is 0 Å². The van der Waals surface area contributed by atoms with Crippen molar-refractivity contribution in [2.45, 2.75) is 37.1 Å². The molecule has 1 fully saturated rings. The molecule has 1 aromatic carbocycles. The van der Waals surface area contributed by atoms with Crippen LogP contribution in [0.1, 0.15) is 37.8 Å². The fraction of sp³-hybridized carbons (Fsp3) is 0.571. The maximum absolute atomic E-state index is 11.4. The molecule has 4 heteroatoms. The first-order chi connectivity index (χ1) is 8.52. The maximum atomic E-state index is 11.4. The van der Waals surface area contributed by atoms with Gasteiger partial charge in [0.1, 0.15) is 0 Å². The second-order valence-corrected chi connectivity index (χ2v) is 7.13. The van der Waals surface area contributed by atoms with Crippen molar-refractivity contribution in [3.8, 4) is 0 Å². The van der Waals surface area contributed by atoms with Crippen LogP contribution in [0.2, 0.25) is 0 Å². The zero-order valence-corrected chi connectivity index (χ0v) is 11.8. The van der Waals surface area contributed by atoms with Gasteiger partial charge in [-0.1, -0.05) is 19.1 Å². The van der Waals surface area contributed by atoms with Crippen LogP contribution in [-0.4, -0.2) is 21.2 Å². The SMILES string of the molecule is CCCNC(c1ccc(S(C)(=O)=O)cc1)C1CC1. The summed E-state index contributed by atoms with van der Waals surface area (Å²) in [5.74, 6) is 0.723. The van der Waals surface area contributed by atoms with Crippen molar-refractivity contribution < 1.29 is 8.42 Å². The van der Waals surface area contributed by atoms with Gasteiger partial charge in [-0.3, -0.25) is 0 Å². The summed E-state index contributed by atoms with van der Waals surface area (Å²) in [7, 11) is -3.09. The second-order valence-electron chi connectivity index (χ2n) is 5.11. The summed E-state index contributed by atoms with van der Waals surface area (Å²) in [6.45, 7) is 3.17. The first-order valence-electron chi connectivity index (χ1n) is 6.55. The number of rotatable bonds is 6. The van der Waals surface area contributed by atoms with Crippen molar-refractivity contribution in [3.05, 3.63) is 29.8 Å². The number of nitrogens with one attached hydrogen (secondary N) is 1. The normalized spacial score (nSPS) is 17.7. The van der Waals surface area contributed by atoms with Gasteiger partial charge in [0.25, 0.3) is 0 Å². The molecular weight excluding hydrogens is 246 g/mol. The molecule has 1 N–H and O–H groups in total. The van der Waals surface area contributed by atoms with Gasteiger partial charge in [0.15, 0.2) is 9.84 Å². The molecule has 3 nitrogen and oxygen atoms in total. The number of hydrogen-bond donors (Lipinski definition) is 1. The van der Waals surface area contributed by atoms with E-state index < -0.39 is 9.84 Å². The van der Waals surface area contributed by atoms with Crippen LogP contribution in [-0.2, 0) is 9.84 Å². The lowest BCUT2D eigenvalue weighted by atomic mass is 10.0. The largest absolute Gasteiger partial charge is 0.310 e. The van der Waals surface area contributed by atoms with Crippen molar-refractivity contribution in [2.24, 2.45) is 5.92 Å². The van der Waals surface area contributed by atoms with Crippen LogP contribution in [0.15, 0.2) is 29.2 Å². The molecule has 0 amide bonds. The third-order valence-electron chi connectivity index (χ3n) is 3.38. The third kappa shape index (κ3) is 3.33. The number of sulfone groups is 1. The van der Waals surface area contributed by atoms with Gasteiger partial charge in [0.2, 0.25) is 0 Å². The summed E-state index contributed by atoms with van der Waals surface area (Å²) >= 11 is 0. The van der Waals surface area contributed by atoms with Crippen LogP contribution in [0.3, 0.4) is 0 Å². The van der Waals surface area contributed by atoms with Crippen molar-refractivity contribution in [1.29, 1.82) is 0 Å². The smallest absolute Gasteiger partial charge is 0.175 e. The summed E-state index contributed by atoms with van der Waals surface area (Å²) in [6, 6.07) is 7.71. The molecule has 0 spiro atoms. The van der Waals surface area contributed by atoms with E-state index >= 15 is 0 Å². The van der Waals surface area contributed by atoms with Crippen LogP contribution >= 0.6 is 0 Å². The summed E-state index contributed by atoms with van der Waals surface area (Å²) in [5, 5.41) is 3.56. The van der Waals surface area contributed by atoms with E-state index in [0.717, 1.165) is 18.9 Å². The van der Waals surface area contributed by atoms with Crippen molar-refractivity contribution in [1.82, 2.24) is 5.32 Å². The maximum Gasteiger partial charge on any atom is 0.175 e. The highest BCUT2D eigenvalue weighted by Gasteiger charge is 2.31. The zero-order chi connectivity index (χ0) is 13.2. The lowest BCUT2D eigenvalue weighted by molar-refractivity contribution is 0.481. The van der Waals surface area contributed by atoms with Gasteiger partial charge >= 0.3 is 0 Å². The minimum Gasteiger partial charge on any atom is -0.310 e. The Morgan fingerprint density at radius 2 is 1.89 bits per heavy atom. The molecular formula is C14H21NO2S. The predicted octanol–water partition coefficient (Wildman–Crippen LogP) is 2.54. The second kappa shape index (κ2) is 5.41. The van der Waals surface area contributed by atoms with E-state index in [1.54, 1.807) is 12.1 Å². The molecule has 1 aliphatic carbocycles. The molecule has 2 rings (SSSR count). The lowest BCUT2D eigenvalue weighted by Crippen LogP contribution is -2.23. The Labute approximate surface area is 110 Å². The first kappa shape index (κ1) is 13.6. The summed E-state index contributed by atoms with van der Waals surface area (Å²) in [5.41, 5.74) is 1.21. The van der Waals surface area contributed by atoms with Gasteiger partial charge in [-0.05, 0) is 49.4 Å². The van der Waals surface area contributed by atoms with Crippen molar-refractivity contribution in [2.75, 3.05) is 12.8 Å². The highest BCUT2D eigenvalue weighted by Crippen LogP contribution is 2.41. The van der Waals surface area contributed by atoms with E-state index in [9.17, 15) is 8.42 Å². The van der Waals surface area contributed by atoms with Gasteiger partial charge in [-0.2, -0.15) is 0 Å². The summed E-state index contributed by atoms with van der Waals surface area (Å²) in [6.07, 6.45) is 4.91. The van der Waals surface area contributed by atoms with E-state index in [-0.39, 0.29) is 0 Å². The Balaban J connectivity index is 2.16. The van der Waals surface area contributed by atoms with Crippen LogP contribution in [0, 0.1) is 5.92 Å². The lowest BCUT2D eigenvalue weighted by Gasteiger charge is -2.18. The molecule has 1 aliphatic rings. The molecule has 18 heavy (non-hydrogen) atoms. The standard InChI is InChI=1S/C14H21NO2S/c1-3-10-15-14(11-4-5-11)12-6-8-13(9-7-12)18(2,16)17/h6-9,11,14-15H,3-5,10H2,1-2H3. The number of hydrogen-bond acceptors (Lipinski definition) is 3. The molecule has 0 saturated heterocycles. The van der Waals surface area contributed by atoms with Gasteiger partial charge < -0.3 is 5.32 Å². The summed E-state index contributed by atoms with van der Waals surface area (Å²) < 4.78 is 22.8. The first-order valence-corrected chi connectivity index (χ1v) is 8.45. The van der Waals surface area contributed by atoms with E-state index in [1.807, 2.05) is 12.1 Å². The molecule has 1 aromatic rings. The molecule has 0 bridgehead atoms. The molecule has 0 heterocycles. The van der Waals surface area contributed by atoms with E-state index in [4.69, 9.17) is 0 Å². The molecule has 0 aromatic heterocycles. The average Bonchev–Trinajstić information content (AvgIpc) is 3.13. The molecule has 100 valence electrons. The van der Waals surface area contributed by atoms with Gasteiger partial charge in [0, 0.05) is 12.3 Å². The van der Waals surface area contributed by atoms with Gasteiger partial charge in [-0.15, -0.1) is 0 Å². The third-order valence-corrected chi connectivity index (χ3v) is 4.50. The zero-order valence-electron chi connectivity index (χ0n) is 11.0. The molecule has 1 saturated carbocycles. The fourth-order valence-corrected chi connectivity index (χ4v) is 2.84. The van der Waals surface area contributed by atoms with Crippen LogP contribution in [0.5, 0.6) is 0 Å². The minimum atomic E-state index is -3.09. The van der Waals surface area contributed by atoms with E-state index in [1.165, 1.54) is 24.7 Å². The Hall–Kier alpha value is -0.870. The van der Waals surface area contributed by atoms with E-state index in [0.29, 0.717) is 10.9 Å². The van der Waals surface area contributed by atoms with E-state index in [2.05, 4.69) is 12.2 Å². The Morgan fingerprint density at radius 1 is 1.28 bits per heavy atom. The highest BCUT2D eigenvalue weighted by molar-refractivity contribution is 7.90. The predicted molar refractivity (Wildman–Crippen MR) is 73.3 cm³/mol. The fourth-order valence-electron chi connectivity index (χ4n) is 2.21. The number of benzene rings is 1. The van der Waals surface area contributed by atoms with Crippen LogP contribution < -0.4 is 5.32 Å². The minimum absolute atomic E-state index is 0.388. The highest BCUT2D eigenvalue weighted by atomic mass is 32.2. The van der Waals surface area contributed by atoms with Crippen molar-refractivity contribution >= 4 is 9.84 Å². The van der Waals surface area contributed by atoms with Crippen LogP contribution in [0.25, 0.3) is 0 Å². The Morgan fingerprint density at radius 3 is 2.33 bits per heavy atom. The molecule has 0 radical (unpaired) electrons. The van der Waals surface area contributed by atoms with Gasteiger partial charge in [-0.25, -0.2) is 8.42 Å². The summed E-state index contributed by atoms with van der Waals surface area (Å²) in [4.78, 5) is 0.399. The average molecular weight is 267 g/mol. The Kier molecular flexibility index (Phi) is 4.07.